The Labute approximate surface area is 334 Å². The number of nitrogens with one attached hydrogen (secondary N) is 1. The molecule has 58 heavy (non-hydrogen) atoms. The highest BCUT2D eigenvalue weighted by Crippen LogP contribution is 2.46. The molecule has 274 valence electrons. The van der Waals surface area contributed by atoms with Crippen molar-refractivity contribution in [2.45, 2.75) is 6.42 Å². The number of ether oxygens (including phenoxy) is 1. The van der Waals surface area contributed by atoms with Crippen LogP contribution in [0.3, 0.4) is 0 Å². The third kappa shape index (κ3) is 5.78. The number of rotatable bonds is 5. The molecule has 4 aliphatic heterocycles. The number of aliphatic imine (C=N–C) groups is 3. The molecular weight excluding hydrogens is 713 g/mol. The second-order valence-electron chi connectivity index (χ2n) is 14.5. The highest BCUT2D eigenvalue weighted by molar-refractivity contribution is 6.31. The first-order valence-corrected chi connectivity index (χ1v) is 19.4. The van der Waals surface area contributed by atoms with E-state index in [0.717, 1.165) is 88.6 Å². The smallest absolute Gasteiger partial charge is 0.176 e. The van der Waals surface area contributed by atoms with Gasteiger partial charge in [-0.1, -0.05) is 127 Å². The van der Waals surface area contributed by atoms with Crippen LogP contribution in [0.15, 0.2) is 214 Å². The predicted molar refractivity (Wildman–Crippen MR) is 236 cm³/mol. The first kappa shape index (κ1) is 33.5. The fourth-order valence-corrected chi connectivity index (χ4v) is 8.33. The molecular formula is C52H34N4O2. The number of benzene rings is 6. The molecule has 4 aliphatic rings. The highest BCUT2D eigenvalue weighted by atomic mass is 16.5. The van der Waals surface area contributed by atoms with Crippen molar-refractivity contribution >= 4 is 55.6 Å². The van der Waals surface area contributed by atoms with Gasteiger partial charge in [0.05, 0.1) is 33.9 Å². The number of aromatic amines is 1. The summed E-state index contributed by atoms with van der Waals surface area (Å²) >= 11 is 0. The van der Waals surface area contributed by atoms with Crippen molar-refractivity contribution in [3.8, 4) is 22.6 Å². The molecule has 2 N–H and O–H groups in total. The Morgan fingerprint density at radius 3 is 1.95 bits per heavy atom. The van der Waals surface area contributed by atoms with Crippen LogP contribution in [0.1, 0.15) is 17.5 Å². The van der Waals surface area contributed by atoms with E-state index in [0.29, 0.717) is 29.2 Å². The van der Waals surface area contributed by atoms with E-state index in [9.17, 15) is 5.11 Å². The maximum Gasteiger partial charge on any atom is 0.176 e. The lowest BCUT2D eigenvalue weighted by molar-refractivity contribution is 0.477. The fraction of sp³-hybridized carbons (Fsp3) is 0.0192. The molecule has 8 bridgehead atoms. The molecule has 0 fully saturated rings. The summed E-state index contributed by atoms with van der Waals surface area (Å²) < 4.78 is 7.26. The van der Waals surface area contributed by atoms with Gasteiger partial charge in [-0.05, 0) is 87.3 Å². The van der Waals surface area contributed by atoms with Crippen LogP contribution < -0.4 is 15.4 Å². The van der Waals surface area contributed by atoms with E-state index in [2.05, 4.69) is 77.8 Å². The van der Waals surface area contributed by atoms with Gasteiger partial charge in [-0.15, -0.1) is 0 Å². The van der Waals surface area contributed by atoms with Crippen molar-refractivity contribution in [2.75, 3.05) is 0 Å². The molecule has 0 spiro atoms. The molecule has 6 nitrogen and oxygen atoms in total. The van der Waals surface area contributed by atoms with Crippen LogP contribution in [-0.2, 0) is 0 Å². The number of aromatic nitrogens is 1. The van der Waals surface area contributed by atoms with Crippen molar-refractivity contribution in [3.63, 3.8) is 0 Å². The number of H-pyrrole nitrogens is 1. The normalized spacial score (nSPS) is 15.8. The van der Waals surface area contributed by atoms with Gasteiger partial charge in [-0.2, -0.15) is 0 Å². The van der Waals surface area contributed by atoms with Crippen LogP contribution in [0.25, 0.3) is 49.6 Å². The number of hydrogen-bond acceptors (Lipinski definition) is 5. The second kappa shape index (κ2) is 13.7. The number of fused-ring (bicyclic) bond motifs is 7. The van der Waals surface area contributed by atoms with E-state index < -0.39 is 0 Å². The van der Waals surface area contributed by atoms with E-state index >= 15 is 0 Å². The summed E-state index contributed by atoms with van der Waals surface area (Å²) in [6.07, 6.45) is 13.0. The van der Waals surface area contributed by atoms with Gasteiger partial charge >= 0.3 is 0 Å². The molecule has 0 radical (unpaired) electrons. The molecule has 0 unspecified atom stereocenters. The first-order chi connectivity index (χ1) is 28.6. The van der Waals surface area contributed by atoms with Crippen LogP contribution in [0.4, 0.5) is 0 Å². The SMILES string of the molecule is Oc1ccc2ccccc2c1-c1c(OC2=c3ccc([nH]3)=C(c3ccccc3)C3=NC(=CC4=CCC(=N4)C(c4ccccc4)=C4C=CC2=N4)C=C3)ccc2ccccc12. The molecule has 1 aromatic heterocycles. The molecule has 0 atom stereocenters. The predicted octanol–water partition coefficient (Wildman–Crippen LogP) is 10.1. The van der Waals surface area contributed by atoms with E-state index in [4.69, 9.17) is 19.7 Å². The number of allylic oxidation sites excluding steroid dienone is 6. The Morgan fingerprint density at radius 1 is 0.517 bits per heavy atom. The molecule has 6 aromatic carbocycles. The third-order valence-corrected chi connectivity index (χ3v) is 11.0. The molecule has 5 heterocycles. The molecule has 0 saturated carbocycles. The van der Waals surface area contributed by atoms with Crippen molar-refractivity contribution in [3.05, 3.63) is 221 Å². The summed E-state index contributed by atoms with van der Waals surface area (Å²) in [5.41, 5.74) is 10.4. The van der Waals surface area contributed by atoms with Crippen LogP contribution >= 0.6 is 0 Å². The number of hydrogen-bond donors (Lipinski definition) is 2. The van der Waals surface area contributed by atoms with Gasteiger partial charge < -0.3 is 14.8 Å². The topological polar surface area (TPSA) is 82.3 Å². The van der Waals surface area contributed by atoms with Gasteiger partial charge in [-0.3, -0.25) is 4.99 Å². The quantitative estimate of drug-likeness (QED) is 0.184. The zero-order chi connectivity index (χ0) is 38.6. The van der Waals surface area contributed by atoms with Crippen molar-refractivity contribution in [1.82, 2.24) is 4.98 Å². The minimum atomic E-state index is 0.173. The zero-order valence-electron chi connectivity index (χ0n) is 31.2. The van der Waals surface area contributed by atoms with E-state index in [1.54, 1.807) is 6.07 Å². The summed E-state index contributed by atoms with van der Waals surface area (Å²) in [7, 11) is 0. The number of nitrogens with zero attached hydrogens (tertiary/aromatic N) is 3. The minimum absolute atomic E-state index is 0.173. The highest BCUT2D eigenvalue weighted by Gasteiger charge is 2.25. The van der Waals surface area contributed by atoms with E-state index in [-0.39, 0.29) is 5.75 Å². The Balaban J connectivity index is 1.21. The van der Waals surface area contributed by atoms with E-state index in [1.807, 2.05) is 103 Å². The maximum atomic E-state index is 11.7. The second-order valence-corrected chi connectivity index (χ2v) is 14.5. The standard InChI is InChI=1S/C52H34N4O2/c57-46-29-19-32-11-7-9-17-38(32)50(46)51-39-18-10-8-12-33(39)20-30-47(51)58-52-44-27-25-42(55-44)48(34-13-3-1-4-14-34)40-23-21-36(53-40)31-37-22-24-41(54-37)49(35-15-5-2-6-16-35)43-26-28-45(52)56-43/h1-23,25-31,55,57H,24H2. The zero-order valence-corrected chi connectivity index (χ0v) is 31.2. The Kier molecular flexibility index (Phi) is 7.93. The Hall–Kier alpha value is -7.83. The largest absolute Gasteiger partial charge is 0.507 e. The Morgan fingerprint density at radius 2 is 1.17 bits per heavy atom. The monoisotopic (exact) mass is 746 g/mol. The van der Waals surface area contributed by atoms with Gasteiger partial charge in [0.1, 0.15) is 17.2 Å². The molecule has 0 saturated heterocycles. The van der Waals surface area contributed by atoms with Crippen molar-refractivity contribution < 1.29 is 9.84 Å². The number of aromatic hydroxyl groups is 1. The van der Waals surface area contributed by atoms with Crippen LogP contribution in [0.2, 0.25) is 0 Å². The fourth-order valence-electron chi connectivity index (χ4n) is 8.33. The lowest BCUT2D eigenvalue weighted by Gasteiger charge is -2.18. The molecule has 11 rings (SSSR count). The summed E-state index contributed by atoms with van der Waals surface area (Å²) in [5, 5.41) is 17.2. The van der Waals surface area contributed by atoms with Crippen molar-refractivity contribution in [2.24, 2.45) is 15.0 Å². The van der Waals surface area contributed by atoms with Gasteiger partial charge in [0.2, 0.25) is 0 Å². The van der Waals surface area contributed by atoms with Gasteiger partial charge in [0, 0.05) is 34.0 Å². The summed E-state index contributed by atoms with van der Waals surface area (Å²) in [5.74, 6) is 1.30. The van der Waals surface area contributed by atoms with Crippen LogP contribution in [0.5, 0.6) is 11.5 Å². The van der Waals surface area contributed by atoms with Crippen LogP contribution in [-0.4, -0.2) is 27.2 Å². The summed E-state index contributed by atoms with van der Waals surface area (Å²) in [6, 6.07) is 48.9. The third-order valence-electron chi connectivity index (χ3n) is 11.0. The summed E-state index contributed by atoms with van der Waals surface area (Å²) in [6.45, 7) is 0. The number of phenols is 1. The van der Waals surface area contributed by atoms with Crippen LogP contribution in [0, 0.1) is 0 Å². The van der Waals surface area contributed by atoms with Gasteiger partial charge in [-0.25, -0.2) is 9.98 Å². The first-order valence-electron chi connectivity index (χ1n) is 19.4. The average molecular weight is 747 g/mol. The van der Waals surface area contributed by atoms with E-state index in [1.165, 1.54) is 0 Å². The number of phenolic OH excluding ortho intramolecular Hbond substituents is 1. The lowest BCUT2D eigenvalue weighted by atomic mass is 9.92. The maximum absolute atomic E-state index is 11.7. The average Bonchev–Trinajstić information content (AvgIpc) is 4.11. The lowest BCUT2D eigenvalue weighted by Crippen LogP contribution is -2.23. The van der Waals surface area contributed by atoms with Crippen molar-refractivity contribution in [1.29, 1.82) is 0 Å². The minimum Gasteiger partial charge on any atom is -0.507 e. The van der Waals surface area contributed by atoms with Gasteiger partial charge in [0.25, 0.3) is 0 Å². The van der Waals surface area contributed by atoms with Gasteiger partial charge in [0.15, 0.2) is 5.76 Å². The molecule has 0 amide bonds. The molecule has 7 aromatic rings. The Bertz CT molecular complexity index is 3260. The molecule has 0 aliphatic carbocycles. The summed E-state index contributed by atoms with van der Waals surface area (Å²) in [4.78, 5) is 19.4. The molecule has 6 heteroatoms.